The Morgan fingerprint density at radius 1 is 1.53 bits per heavy atom. The van der Waals surface area contributed by atoms with E-state index in [1.165, 1.54) is 0 Å². The van der Waals surface area contributed by atoms with E-state index in [-0.39, 0.29) is 0 Å². The number of hydrogen-bond donors (Lipinski definition) is 1. The Kier molecular flexibility index (Phi) is 2.30. The molecule has 76 valence electrons. The van der Waals surface area contributed by atoms with Crippen molar-refractivity contribution in [3.63, 3.8) is 0 Å². The first-order valence-corrected chi connectivity index (χ1v) is 4.75. The van der Waals surface area contributed by atoms with Crippen molar-refractivity contribution in [2.24, 2.45) is 0 Å². The molecular formula is C11H12N4. The van der Waals surface area contributed by atoms with Gasteiger partial charge >= 0.3 is 0 Å². The van der Waals surface area contributed by atoms with Crippen molar-refractivity contribution in [3.05, 3.63) is 24.0 Å². The minimum atomic E-state index is 0.388. The summed E-state index contributed by atoms with van der Waals surface area (Å²) in [6.45, 7) is 2.32. The number of nitrogens with one attached hydrogen (secondary N) is 1. The highest BCUT2D eigenvalue weighted by Crippen LogP contribution is 2.19. The third-order valence-corrected chi connectivity index (χ3v) is 2.33. The van der Waals surface area contributed by atoms with Crippen LogP contribution in [-0.4, -0.2) is 23.6 Å². The molecule has 0 aliphatic heterocycles. The molecule has 2 rings (SSSR count). The normalized spacial score (nSPS) is 10.2. The molecule has 0 unspecified atom stereocenters. The number of nitrogens with zero attached hydrogens (tertiary/aromatic N) is 3. The molecule has 0 saturated heterocycles. The Hall–Kier alpha value is -2.02. The fraction of sp³-hybridized carbons (Fsp3) is 0.273. The van der Waals surface area contributed by atoms with Crippen LogP contribution in [-0.2, 0) is 0 Å². The lowest BCUT2D eigenvalue weighted by Gasteiger charge is -2.14. The third-order valence-electron chi connectivity index (χ3n) is 2.33. The van der Waals surface area contributed by atoms with E-state index in [0.29, 0.717) is 6.54 Å². The Morgan fingerprint density at radius 2 is 2.33 bits per heavy atom. The van der Waals surface area contributed by atoms with Crippen LogP contribution in [0.5, 0.6) is 0 Å². The van der Waals surface area contributed by atoms with Gasteiger partial charge in [0.15, 0.2) is 0 Å². The molecule has 0 aliphatic rings. The van der Waals surface area contributed by atoms with Crippen molar-refractivity contribution in [2.45, 2.75) is 6.92 Å². The van der Waals surface area contributed by atoms with Gasteiger partial charge < -0.3 is 9.88 Å². The van der Waals surface area contributed by atoms with E-state index in [1.807, 2.05) is 37.1 Å². The van der Waals surface area contributed by atoms with Gasteiger partial charge in [0, 0.05) is 12.7 Å². The number of imidazole rings is 1. The number of aromatic amines is 1. The van der Waals surface area contributed by atoms with Crippen LogP contribution in [0.25, 0.3) is 11.0 Å². The van der Waals surface area contributed by atoms with Crippen LogP contribution in [0, 0.1) is 18.3 Å². The van der Waals surface area contributed by atoms with Gasteiger partial charge in [0.1, 0.15) is 12.4 Å². The van der Waals surface area contributed by atoms with Crippen molar-refractivity contribution in [2.75, 3.05) is 18.5 Å². The van der Waals surface area contributed by atoms with Gasteiger partial charge in [-0.05, 0) is 25.1 Å². The summed E-state index contributed by atoms with van der Waals surface area (Å²) in [6.07, 6.45) is 0. The number of aryl methyl sites for hydroxylation is 1. The van der Waals surface area contributed by atoms with Crippen LogP contribution in [0.1, 0.15) is 5.82 Å². The average molecular weight is 200 g/mol. The van der Waals surface area contributed by atoms with Crippen molar-refractivity contribution in [1.29, 1.82) is 5.26 Å². The topological polar surface area (TPSA) is 55.7 Å². The molecule has 0 atom stereocenters. The predicted octanol–water partition coefficient (Wildman–Crippen LogP) is 1.83. The van der Waals surface area contributed by atoms with E-state index in [1.54, 1.807) is 0 Å². The van der Waals surface area contributed by atoms with E-state index < -0.39 is 0 Å². The Labute approximate surface area is 88.2 Å². The van der Waals surface area contributed by atoms with Gasteiger partial charge in [-0.25, -0.2) is 4.98 Å². The summed E-state index contributed by atoms with van der Waals surface area (Å²) in [4.78, 5) is 9.39. The average Bonchev–Trinajstić information content (AvgIpc) is 2.57. The molecule has 1 N–H and O–H groups in total. The second-order valence-electron chi connectivity index (χ2n) is 3.54. The molecule has 1 heterocycles. The number of anilines is 1. The second-order valence-corrected chi connectivity index (χ2v) is 3.54. The largest absolute Gasteiger partial charge is 0.361 e. The molecule has 4 nitrogen and oxygen atoms in total. The van der Waals surface area contributed by atoms with E-state index >= 15 is 0 Å². The smallest absolute Gasteiger partial charge is 0.105 e. The summed E-state index contributed by atoms with van der Waals surface area (Å²) in [5, 5.41) is 8.60. The SMILES string of the molecule is Cc1nc2ccc(N(C)CC#N)cc2[nH]1. The molecule has 1 aromatic carbocycles. The zero-order valence-electron chi connectivity index (χ0n) is 8.78. The van der Waals surface area contributed by atoms with Crippen molar-refractivity contribution >= 4 is 16.7 Å². The molecule has 2 aromatic rings. The first kappa shape index (κ1) is 9.53. The molecule has 0 saturated carbocycles. The maximum absolute atomic E-state index is 8.60. The molecule has 0 spiro atoms. The minimum absolute atomic E-state index is 0.388. The van der Waals surface area contributed by atoms with Gasteiger partial charge in [0.05, 0.1) is 17.1 Å². The van der Waals surface area contributed by atoms with E-state index in [4.69, 9.17) is 5.26 Å². The number of rotatable bonds is 2. The Balaban J connectivity index is 2.42. The van der Waals surface area contributed by atoms with E-state index in [0.717, 1.165) is 22.5 Å². The quantitative estimate of drug-likeness (QED) is 0.752. The number of hydrogen-bond acceptors (Lipinski definition) is 3. The van der Waals surface area contributed by atoms with Crippen LogP contribution < -0.4 is 4.90 Å². The first-order valence-electron chi connectivity index (χ1n) is 4.75. The summed E-state index contributed by atoms with van der Waals surface area (Å²) in [5.74, 6) is 0.907. The lowest BCUT2D eigenvalue weighted by atomic mass is 10.2. The zero-order chi connectivity index (χ0) is 10.8. The standard InChI is InChI=1S/C11H12N4/c1-8-13-10-4-3-9(7-11(10)14-8)15(2)6-5-12/h3-4,7H,6H2,1-2H3,(H,13,14). The second kappa shape index (κ2) is 3.62. The lowest BCUT2D eigenvalue weighted by Crippen LogP contribution is -2.16. The van der Waals surface area contributed by atoms with Gasteiger partial charge in [0.2, 0.25) is 0 Å². The molecule has 0 fully saturated rings. The van der Waals surface area contributed by atoms with Gasteiger partial charge in [-0.1, -0.05) is 0 Å². The molecule has 0 bridgehead atoms. The summed E-state index contributed by atoms with van der Waals surface area (Å²) in [7, 11) is 1.90. The van der Waals surface area contributed by atoms with Crippen LogP contribution in [0.15, 0.2) is 18.2 Å². The maximum Gasteiger partial charge on any atom is 0.105 e. The van der Waals surface area contributed by atoms with Crippen LogP contribution in [0.4, 0.5) is 5.69 Å². The fourth-order valence-electron chi connectivity index (χ4n) is 1.56. The lowest BCUT2D eigenvalue weighted by molar-refractivity contribution is 1.04. The van der Waals surface area contributed by atoms with Crippen molar-refractivity contribution < 1.29 is 0 Å². The molecular weight excluding hydrogens is 188 g/mol. The van der Waals surface area contributed by atoms with Gasteiger partial charge in [-0.3, -0.25) is 0 Å². The van der Waals surface area contributed by atoms with E-state index in [2.05, 4.69) is 16.0 Å². The monoisotopic (exact) mass is 200 g/mol. The Morgan fingerprint density at radius 3 is 3.07 bits per heavy atom. The highest BCUT2D eigenvalue weighted by molar-refractivity contribution is 5.79. The van der Waals surface area contributed by atoms with Crippen LogP contribution in [0.3, 0.4) is 0 Å². The summed E-state index contributed by atoms with van der Waals surface area (Å²) in [6, 6.07) is 8.06. The predicted molar refractivity (Wildman–Crippen MR) is 59.7 cm³/mol. The van der Waals surface area contributed by atoms with Gasteiger partial charge in [-0.15, -0.1) is 0 Å². The number of nitriles is 1. The summed E-state index contributed by atoms with van der Waals surface area (Å²) >= 11 is 0. The van der Waals surface area contributed by atoms with Crippen LogP contribution >= 0.6 is 0 Å². The number of H-pyrrole nitrogens is 1. The third kappa shape index (κ3) is 1.77. The van der Waals surface area contributed by atoms with Crippen molar-refractivity contribution in [1.82, 2.24) is 9.97 Å². The van der Waals surface area contributed by atoms with E-state index in [9.17, 15) is 0 Å². The highest BCUT2D eigenvalue weighted by Gasteiger charge is 2.03. The molecule has 1 aromatic heterocycles. The number of fused-ring (bicyclic) bond motifs is 1. The van der Waals surface area contributed by atoms with Crippen LogP contribution in [0.2, 0.25) is 0 Å². The summed E-state index contributed by atoms with van der Waals surface area (Å²) in [5.41, 5.74) is 2.99. The molecule has 0 aliphatic carbocycles. The summed E-state index contributed by atoms with van der Waals surface area (Å²) < 4.78 is 0. The molecule has 4 heteroatoms. The zero-order valence-corrected chi connectivity index (χ0v) is 8.78. The van der Waals surface area contributed by atoms with Crippen molar-refractivity contribution in [3.8, 4) is 6.07 Å². The number of benzene rings is 1. The highest BCUT2D eigenvalue weighted by atomic mass is 15.1. The van der Waals surface area contributed by atoms with Gasteiger partial charge in [-0.2, -0.15) is 5.26 Å². The Bertz CT molecular complexity index is 521. The fourth-order valence-corrected chi connectivity index (χ4v) is 1.56. The first-order chi connectivity index (χ1) is 7.20. The molecule has 0 amide bonds. The maximum atomic E-state index is 8.60. The molecule has 0 radical (unpaired) electrons. The number of aromatic nitrogens is 2. The molecule has 15 heavy (non-hydrogen) atoms. The van der Waals surface area contributed by atoms with Gasteiger partial charge in [0.25, 0.3) is 0 Å². The minimum Gasteiger partial charge on any atom is -0.361 e.